The topological polar surface area (TPSA) is 47.7 Å². The Kier molecular flexibility index (Phi) is 14.4. The van der Waals surface area contributed by atoms with E-state index in [1.165, 1.54) is 0 Å². The molecule has 8 heteroatoms. The molecule has 236 valence electrons. The van der Waals surface area contributed by atoms with Crippen molar-refractivity contribution in [3.05, 3.63) is 191 Å². The molecule has 0 unspecified atom stereocenters. The van der Waals surface area contributed by atoms with Gasteiger partial charge in [0.2, 0.25) is 0 Å². The SMILES string of the molecule is Cl.Cl.N=P(Cc1ccc(Cl)cc1)(c1ccccc1)c1ccccc1.N=P(Cc1ccc(Cl)cc1)(c1ccccc1)c1ccccc1. The average molecular weight is 724 g/mol. The molecule has 0 saturated heterocycles. The molecule has 2 nitrogen and oxygen atoms in total. The summed E-state index contributed by atoms with van der Waals surface area (Å²) in [4.78, 5) is 0. The highest BCUT2D eigenvalue weighted by atomic mass is 35.5. The highest BCUT2D eigenvalue weighted by molar-refractivity contribution is 7.79. The Morgan fingerprint density at radius 1 is 0.348 bits per heavy atom. The Morgan fingerprint density at radius 2 is 0.565 bits per heavy atom. The van der Waals surface area contributed by atoms with Crippen molar-refractivity contribution in [3.63, 3.8) is 0 Å². The second kappa shape index (κ2) is 17.7. The zero-order chi connectivity index (χ0) is 30.8. The molecule has 0 aliphatic carbocycles. The van der Waals surface area contributed by atoms with Crippen LogP contribution in [-0.4, -0.2) is 0 Å². The molecule has 6 aromatic rings. The summed E-state index contributed by atoms with van der Waals surface area (Å²) >= 11 is 12.0. The third kappa shape index (κ3) is 9.49. The maximum atomic E-state index is 9.27. The van der Waals surface area contributed by atoms with Crippen molar-refractivity contribution >= 4 is 83.3 Å². The quantitative estimate of drug-likeness (QED) is 0.147. The number of nitrogens with one attached hydrogen (secondary N) is 2. The molecule has 0 atom stereocenters. The highest BCUT2D eigenvalue weighted by Gasteiger charge is 2.23. The van der Waals surface area contributed by atoms with Crippen molar-refractivity contribution in [2.45, 2.75) is 12.3 Å². The van der Waals surface area contributed by atoms with Crippen LogP contribution in [0.2, 0.25) is 10.0 Å². The Balaban J connectivity index is 0.000000240. The Hall–Kier alpha value is -3.06. The van der Waals surface area contributed by atoms with Crippen molar-refractivity contribution in [2.24, 2.45) is 0 Å². The van der Waals surface area contributed by atoms with E-state index in [0.717, 1.165) is 54.7 Å². The molecule has 0 aliphatic rings. The van der Waals surface area contributed by atoms with Gasteiger partial charge in [-0.25, -0.2) is 0 Å². The number of benzene rings is 6. The third-order valence-electron chi connectivity index (χ3n) is 7.45. The molecule has 6 aromatic carbocycles. The van der Waals surface area contributed by atoms with Gasteiger partial charge in [0.25, 0.3) is 0 Å². The molecular weight excluding hydrogens is 688 g/mol. The van der Waals surface area contributed by atoms with Crippen LogP contribution >= 0.6 is 62.1 Å². The van der Waals surface area contributed by atoms with Gasteiger partial charge in [-0.3, -0.25) is 0 Å². The lowest BCUT2D eigenvalue weighted by Gasteiger charge is -2.23. The van der Waals surface area contributed by atoms with E-state index in [4.69, 9.17) is 23.2 Å². The van der Waals surface area contributed by atoms with Gasteiger partial charge >= 0.3 is 0 Å². The van der Waals surface area contributed by atoms with E-state index in [0.29, 0.717) is 0 Å². The van der Waals surface area contributed by atoms with Gasteiger partial charge in [0.05, 0.1) is 0 Å². The van der Waals surface area contributed by atoms with E-state index < -0.39 is 14.1 Å². The van der Waals surface area contributed by atoms with Crippen LogP contribution in [0.1, 0.15) is 11.1 Å². The number of hydrogen-bond donors (Lipinski definition) is 2. The maximum Gasteiger partial charge on any atom is 0.0406 e. The summed E-state index contributed by atoms with van der Waals surface area (Å²) < 4.78 is 0. The summed E-state index contributed by atoms with van der Waals surface area (Å²) in [5.41, 5.74) is 2.31. The van der Waals surface area contributed by atoms with E-state index in [9.17, 15) is 10.3 Å². The highest BCUT2D eigenvalue weighted by Crippen LogP contribution is 2.48. The number of rotatable bonds is 8. The van der Waals surface area contributed by atoms with Gasteiger partial charge in [-0.05, 0) is 56.6 Å². The lowest BCUT2D eigenvalue weighted by molar-refractivity contribution is 1.37. The lowest BCUT2D eigenvalue weighted by atomic mass is 10.2. The molecule has 0 heterocycles. The van der Waals surface area contributed by atoms with E-state index in [2.05, 4.69) is 48.5 Å². The largest absolute Gasteiger partial charge is 0.309 e. The van der Waals surface area contributed by atoms with Crippen molar-refractivity contribution in [1.82, 2.24) is 0 Å². The Morgan fingerprint density at radius 3 is 0.783 bits per heavy atom. The summed E-state index contributed by atoms with van der Waals surface area (Å²) in [7, 11) is -4.41. The summed E-state index contributed by atoms with van der Waals surface area (Å²) in [6.07, 6.45) is 1.44. The molecule has 0 radical (unpaired) electrons. The minimum Gasteiger partial charge on any atom is -0.309 e. The summed E-state index contributed by atoms with van der Waals surface area (Å²) in [5.74, 6) is 0. The molecular formula is C38H36Cl4N2P2. The molecule has 0 aliphatic heterocycles. The van der Waals surface area contributed by atoms with E-state index >= 15 is 0 Å². The smallest absolute Gasteiger partial charge is 0.0406 e. The van der Waals surface area contributed by atoms with E-state index in [1.807, 2.05) is 121 Å². The van der Waals surface area contributed by atoms with Gasteiger partial charge in [-0.15, -0.1) is 24.8 Å². The third-order valence-corrected chi connectivity index (χ3v) is 14.4. The van der Waals surface area contributed by atoms with Crippen molar-refractivity contribution in [1.29, 1.82) is 10.3 Å². The molecule has 0 fully saturated rings. The maximum absolute atomic E-state index is 9.27. The predicted molar refractivity (Wildman–Crippen MR) is 208 cm³/mol. The van der Waals surface area contributed by atoms with Gasteiger partial charge in [0, 0.05) is 36.5 Å². The second-order valence-corrected chi connectivity index (χ2v) is 17.3. The lowest BCUT2D eigenvalue weighted by Crippen LogP contribution is -2.17. The van der Waals surface area contributed by atoms with Crippen LogP contribution in [0.4, 0.5) is 0 Å². The second-order valence-electron chi connectivity index (χ2n) is 10.5. The molecule has 0 spiro atoms. The van der Waals surface area contributed by atoms with Crippen molar-refractivity contribution < 1.29 is 0 Å². The standard InChI is InChI=1S/2C19H17ClNP.2ClH/c2*20-17-13-11-16(12-14-17)15-22(21,18-7-3-1-4-8-18)19-9-5-2-6-10-19;;/h2*1-14,21H,15H2;2*1H. The van der Waals surface area contributed by atoms with Crippen LogP contribution in [-0.2, 0) is 12.3 Å². The predicted octanol–water partition coefficient (Wildman–Crippen LogP) is 11.4. The zero-order valence-corrected chi connectivity index (χ0v) is 30.0. The fraction of sp³-hybridized carbons (Fsp3) is 0.0526. The number of halogens is 4. The van der Waals surface area contributed by atoms with Crippen LogP contribution in [0.5, 0.6) is 0 Å². The van der Waals surface area contributed by atoms with Crippen LogP contribution in [0.25, 0.3) is 0 Å². The molecule has 6 rings (SSSR count). The van der Waals surface area contributed by atoms with Gasteiger partial charge < -0.3 is 10.3 Å². The van der Waals surface area contributed by atoms with Gasteiger partial charge in [-0.2, -0.15) is 0 Å². The molecule has 2 N–H and O–H groups in total. The minimum absolute atomic E-state index is 0. The van der Waals surface area contributed by atoms with Crippen molar-refractivity contribution in [2.75, 3.05) is 0 Å². The molecule has 46 heavy (non-hydrogen) atoms. The summed E-state index contributed by atoms with van der Waals surface area (Å²) in [6, 6.07) is 56.4. The van der Waals surface area contributed by atoms with E-state index in [1.54, 1.807) is 0 Å². The Labute approximate surface area is 295 Å². The summed E-state index contributed by atoms with van der Waals surface area (Å²) in [6.45, 7) is 0. The van der Waals surface area contributed by atoms with Gasteiger partial charge in [0.15, 0.2) is 0 Å². The average Bonchev–Trinajstić information content (AvgIpc) is 3.09. The number of hydrogen-bond acceptors (Lipinski definition) is 2. The van der Waals surface area contributed by atoms with Crippen LogP contribution in [0.15, 0.2) is 170 Å². The first-order chi connectivity index (χ1) is 21.4. The minimum atomic E-state index is -2.20. The first-order valence-corrected chi connectivity index (χ1v) is 19.0. The van der Waals surface area contributed by atoms with Crippen LogP contribution in [0.3, 0.4) is 0 Å². The van der Waals surface area contributed by atoms with Crippen LogP contribution in [0, 0.1) is 10.3 Å². The molecule has 0 aromatic heterocycles. The fourth-order valence-corrected chi connectivity index (χ4v) is 10.9. The fourth-order valence-electron chi connectivity index (χ4n) is 5.12. The zero-order valence-electron chi connectivity index (χ0n) is 25.0. The molecule has 0 saturated carbocycles. The van der Waals surface area contributed by atoms with E-state index in [-0.39, 0.29) is 24.8 Å². The first kappa shape index (κ1) is 37.4. The van der Waals surface area contributed by atoms with Gasteiger partial charge in [-0.1, -0.05) is 169 Å². The summed E-state index contributed by atoms with van der Waals surface area (Å²) in [5, 5.41) is 24.4. The van der Waals surface area contributed by atoms with Crippen LogP contribution < -0.4 is 21.2 Å². The van der Waals surface area contributed by atoms with Crippen molar-refractivity contribution in [3.8, 4) is 0 Å². The first-order valence-electron chi connectivity index (χ1n) is 14.3. The molecule has 0 bridgehead atoms. The van der Waals surface area contributed by atoms with Gasteiger partial charge in [0.1, 0.15) is 0 Å². The monoisotopic (exact) mass is 722 g/mol. The normalized spacial score (nSPS) is 10.8. The molecule has 0 amide bonds. The Bertz CT molecular complexity index is 1630.